The van der Waals surface area contributed by atoms with Crippen molar-refractivity contribution < 1.29 is 8.42 Å². The van der Waals surface area contributed by atoms with Crippen molar-refractivity contribution in [3.63, 3.8) is 0 Å². The molecule has 0 atom stereocenters. The van der Waals surface area contributed by atoms with Gasteiger partial charge in [-0.2, -0.15) is 4.31 Å². The molecule has 176 valence electrons. The lowest BCUT2D eigenvalue weighted by Crippen LogP contribution is -2.49. The van der Waals surface area contributed by atoms with E-state index in [-0.39, 0.29) is 24.0 Å². The van der Waals surface area contributed by atoms with Gasteiger partial charge in [0.1, 0.15) is 0 Å². The molecule has 2 N–H and O–H groups in total. The predicted molar refractivity (Wildman–Crippen MR) is 138 cm³/mol. The number of halogens is 1. The van der Waals surface area contributed by atoms with E-state index >= 15 is 0 Å². The molecule has 0 aromatic heterocycles. The average molecular weight is 564 g/mol. The summed E-state index contributed by atoms with van der Waals surface area (Å²) in [6.07, 6.45) is 5.24. The Labute approximate surface area is 205 Å². The molecule has 0 saturated carbocycles. The minimum atomic E-state index is -3.37. The van der Waals surface area contributed by atoms with E-state index in [4.69, 9.17) is 0 Å². The number of aliphatic imine (C=N–C) groups is 1. The van der Waals surface area contributed by atoms with Gasteiger partial charge in [0.15, 0.2) is 5.96 Å². The van der Waals surface area contributed by atoms with Gasteiger partial charge in [-0.3, -0.25) is 4.99 Å². The highest BCUT2D eigenvalue weighted by molar-refractivity contribution is 14.0. The number of piperidine rings is 2. The maximum absolute atomic E-state index is 12.8. The molecule has 0 amide bonds. The zero-order valence-corrected chi connectivity index (χ0v) is 22.2. The van der Waals surface area contributed by atoms with Crippen LogP contribution in [0.3, 0.4) is 0 Å². The number of nitrogens with one attached hydrogen (secondary N) is 2. The first-order valence-corrected chi connectivity index (χ1v) is 12.6. The normalized spacial score (nSPS) is 19.8. The van der Waals surface area contributed by atoms with Crippen LogP contribution in [-0.4, -0.2) is 68.9 Å². The number of hydrogen-bond acceptors (Lipinski definition) is 4. The quantitative estimate of drug-likeness (QED) is 0.316. The third-order valence-electron chi connectivity index (χ3n) is 6.16. The van der Waals surface area contributed by atoms with Gasteiger partial charge in [0.2, 0.25) is 10.0 Å². The molecule has 3 rings (SSSR count). The molecular weight excluding hydrogens is 525 g/mol. The fourth-order valence-electron chi connectivity index (χ4n) is 4.17. The van der Waals surface area contributed by atoms with E-state index in [0.717, 1.165) is 56.7 Å². The highest BCUT2D eigenvalue weighted by Gasteiger charge is 2.25. The lowest BCUT2D eigenvalue weighted by atomic mass is 10.0. The van der Waals surface area contributed by atoms with E-state index in [1.165, 1.54) is 0 Å². The summed E-state index contributed by atoms with van der Waals surface area (Å²) in [6.45, 7) is 8.58. The molecule has 1 aromatic carbocycles. The SMILES string of the molecule is CN=C(NCc1ccc(S(=O)(=O)N2CCCCC2)cc1)NC1CCN(C(C)C)CC1.I. The summed E-state index contributed by atoms with van der Waals surface area (Å²) in [4.78, 5) is 7.24. The van der Waals surface area contributed by atoms with Crippen molar-refractivity contribution in [3.8, 4) is 0 Å². The molecular formula is C22H38IN5O2S. The van der Waals surface area contributed by atoms with Crippen LogP contribution in [0.4, 0.5) is 0 Å². The smallest absolute Gasteiger partial charge is 0.243 e. The third-order valence-corrected chi connectivity index (χ3v) is 8.07. The Kier molecular flexibility index (Phi) is 10.5. The molecule has 2 fully saturated rings. The summed E-state index contributed by atoms with van der Waals surface area (Å²) in [5.41, 5.74) is 1.03. The van der Waals surface area contributed by atoms with Gasteiger partial charge in [-0.15, -0.1) is 24.0 Å². The second kappa shape index (κ2) is 12.4. The summed E-state index contributed by atoms with van der Waals surface area (Å²) in [5, 5.41) is 6.88. The van der Waals surface area contributed by atoms with Crippen molar-refractivity contribution in [2.75, 3.05) is 33.2 Å². The van der Waals surface area contributed by atoms with Crippen molar-refractivity contribution in [3.05, 3.63) is 29.8 Å². The maximum atomic E-state index is 12.8. The number of guanidine groups is 1. The van der Waals surface area contributed by atoms with Crippen LogP contribution in [0.2, 0.25) is 0 Å². The molecule has 0 unspecified atom stereocenters. The van der Waals surface area contributed by atoms with Crippen LogP contribution >= 0.6 is 24.0 Å². The molecule has 2 aliphatic heterocycles. The molecule has 0 aliphatic carbocycles. The fraction of sp³-hybridized carbons (Fsp3) is 0.682. The summed E-state index contributed by atoms with van der Waals surface area (Å²) >= 11 is 0. The van der Waals surface area contributed by atoms with Gasteiger partial charge in [0.05, 0.1) is 4.90 Å². The molecule has 0 radical (unpaired) electrons. The van der Waals surface area contributed by atoms with Crippen LogP contribution in [0.5, 0.6) is 0 Å². The fourth-order valence-corrected chi connectivity index (χ4v) is 5.68. The monoisotopic (exact) mass is 563 g/mol. The van der Waals surface area contributed by atoms with Crippen LogP contribution in [-0.2, 0) is 16.6 Å². The summed E-state index contributed by atoms with van der Waals surface area (Å²) in [5.74, 6) is 0.794. The minimum absolute atomic E-state index is 0. The van der Waals surface area contributed by atoms with Gasteiger partial charge in [0, 0.05) is 51.9 Å². The second-order valence-electron chi connectivity index (χ2n) is 8.58. The first-order chi connectivity index (χ1) is 14.4. The number of sulfonamides is 1. The van der Waals surface area contributed by atoms with Gasteiger partial charge in [0.25, 0.3) is 0 Å². The van der Waals surface area contributed by atoms with Crippen LogP contribution in [0.25, 0.3) is 0 Å². The van der Waals surface area contributed by atoms with Crippen molar-refractivity contribution in [1.82, 2.24) is 19.8 Å². The van der Waals surface area contributed by atoms with Crippen molar-refractivity contribution in [2.45, 2.75) is 69.5 Å². The lowest BCUT2D eigenvalue weighted by Gasteiger charge is -2.35. The average Bonchev–Trinajstić information content (AvgIpc) is 2.77. The summed E-state index contributed by atoms with van der Waals surface area (Å²) in [6, 6.07) is 8.25. The summed E-state index contributed by atoms with van der Waals surface area (Å²) in [7, 11) is -1.59. The van der Waals surface area contributed by atoms with Crippen molar-refractivity contribution >= 4 is 40.0 Å². The first-order valence-electron chi connectivity index (χ1n) is 11.2. The molecule has 2 saturated heterocycles. The Morgan fingerprint density at radius 1 is 1.06 bits per heavy atom. The van der Waals surface area contributed by atoms with E-state index in [2.05, 4.69) is 34.4 Å². The molecule has 0 spiro atoms. The minimum Gasteiger partial charge on any atom is -0.354 e. The van der Waals surface area contributed by atoms with E-state index in [1.807, 2.05) is 12.1 Å². The van der Waals surface area contributed by atoms with E-state index < -0.39 is 10.0 Å². The number of likely N-dealkylation sites (tertiary alicyclic amines) is 1. The molecule has 2 aliphatic rings. The summed E-state index contributed by atoms with van der Waals surface area (Å²) < 4.78 is 27.2. The Hall–Kier alpha value is -0.910. The van der Waals surface area contributed by atoms with Gasteiger partial charge in [-0.1, -0.05) is 18.6 Å². The lowest BCUT2D eigenvalue weighted by molar-refractivity contribution is 0.167. The molecule has 31 heavy (non-hydrogen) atoms. The number of hydrogen-bond donors (Lipinski definition) is 2. The van der Waals surface area contributed by atoms with Crippen LogP contribution in [0.15, 0.2) is 34.2 Å². The van der Waals surface area contributed by atoms with Gasteiger partial charge < -0.3 is 15.5 Å². The van der Waals surface area contributed by atoms with Crippen LogP contribution in [0, 0.1) is 0 Å². The molecule has 1 aromatic rings. The van der Waals surface area contributed by atoms with Gasteiger partial charge in [-0.05, 0) is 57.2 Å². The molecule has 0 bridgehead atoms. The Morgan fingerprint density at radius 3 is 2.23 bits per heavy atom. The molecule has 2 heterocycles. The third kappa shape index (κ3) is 7.30. The molecule has 7 nitrogen and oxygen atoms in total. The number of rotatable bonds is 6. The van der Waals surface area contributed by atoms with Gasteiger partial charge >= 0.3 is 0 Å². The number of benzene rings is 1. The second-order valence-corrected chi connectivity index (χ2v) is 10.5. The van der Waals surface area contributed by atoms with Gasteiger partial charge in [-0.25, -0.2) is 8.42 Å². The predicted octanol–water partition coefficient (Wildman–Crippen LogP) is 3.02. The highest BCUT2D eigenvalue weighted by Crippen LogP contribution is 2.21. The Balaban J connectivity index is 0.00000341. The molecule has 9 heteroatoms. The van der Waals surface area contributed by atoms with Crippen molar-refractivity contribution in [2.24, 2.45) is 4.99 Å². The topological polar surface area (TPSA) is 77.0 Å². The maximum Gasteiger partial charge on any atom is 0.243 e. The van der Waals surface area contributed by atoms with E-state index in [0.29, 0.717) is 36.6 Å². The zero-order valence-electron chi connectivity index (χ0n) is 19.0. The largest absolute Gasteiger partial charge is 0.354 e. The Morgan fingerprint density at radius 2 is 1.68 bits per heavy atom. The van der Waals surface area contributed by atoms with E-state index in [1.54, 1.807) is 23.5 Å². The standard InChI is InChI=1S/C22H37N5O2S.HI/c1-18(2)26-15-11-20(12-16-26)25-22(23-3)24-17-19-7-9-21(10-8-19)30(28,29)27-13-5-4-6-14-27;/h7-10,18,20H,4-6,11-17H2,1-3H3,(H2,23,24,25);1H. The first kappa shape index (κ1) is 26.3. The number of nitrogens with zero attached hydrogens (tertiary/aromatic N) is 3. The zero-order chi connectivity index (χ0) is 21.6. The van der Waals surface area contributed by atoms with Crippen LogP contribution < -0.4 is 10.6 Å². The van der Waals surface area contributed by atoms with E-state index in [9.17, 15) is 8.42 Å². The Bertz CT molecular complexity index is 800. The van der Waals surface area contributed by atoms with Crippen molar-refractivity contribution in [1.29, 1.82) is 0 Å². The van der Waals surface area contributed by atoms with Crippen LogP contribution in [0.1, 0.15) is 51.5 Å². The highest BCUT2D eigenvalue weighted by atomic mass is 127.